The fourth-order valence-electron chi connectivity index (χ4n) is 4.80. The van der Waals surface area contributed by atoms with Crippen molar-refractivity contribution in [1.29, 1.82) is 0 Å². The van der Waals surface area contributed by atoms with Crippen molar-refractivity contribution >= 4 is 17.8 Å². The zero-order chi connectivity index (χ0) is 28.0. The van der Waals surface area contributed by atoms with Crippen LogP contribution >= 0.6 is 0 Å². The summed E-state index contributed by atoms with van der Waals surface area (Å²) >= 11 is 0. The van der Waals surface area contributed by atoms with E-state index in [2.05, 4.69) is 5.32 Å². The highest BCUT2D eigenvalue weighted by Crippen LogP contribution is 2.39. The standard InChI is InChI=1S/C28H33NO10/c1-17(30)29-23-22(37-18(2)31)14-28(27(33)34-3,36-15-19-10-6-4-7-11-19)39-25(23)24-21(32)16-35-26(38-24)20-12-8-5-9-13-20/h4-13,21-26,32H,14-16H2,1-3H3,(H,29,30)/t21-,22+,23-,24-,25-,26-,28-/m1/s1. The van der Waals surface area contributed by atoms with Gasteiger partial charge in [0.25, 0.3) is 5.79 Å². The number of amides is 1. The summed E-state index contributed by atoms with van der Waals surface area (Å²) in [6, 6.07) is 17.2. The van der Waals surface area contributed by atoms with Crippen LogP contribution in [0.5, 0.6) is 0 Å². The van der Waals surface area contributed by atoms with Crippen molar-refractivity contribution in [3.8, 4) is 0 Å². The third-order valence-corrected chi connectivity index (χ3v) is 6.52. The number of aliphatic hydroxyl groups is 1. The Balaban J connectivity index is 1.73. The van der Waals surface area contributed by atoms with Gasteiger partial charge in [-0.15, -0.1) is 0 Å². The summed E-state index contributed by atoms with van der Waals surface area (Å²) in [5.74, 6) is -4.01. The molecule has 0 spiro atoms. The average molecular weight is 544 g/mol. The predicted octanol–water partition coefficient (Wildman–Crippen LogP) is 1.77. The molecule has 2 aliphatic rings. The van der Waals surface area contributed by atoms with Crippen LogP contribution in [0.25, 0.3) is 0 Å². The Labute approximate surface area is 226 Å². The van der Waals surface area contributed by atoms with Crippen molar-refractivity contribution in [1.82, 2.24) is 5.32 Å². The molecule has 0 aliphatic carbocycles. The smallest absolute Gasteiger partial charge is 0.366 e. The van der Waals surface area contributed by atoms with Crippen LogP contribution < -0.4 is 5.32 Å². The van der Waals surface area contributed by atoms with Crippen molar-refractivity contribution < 1.29 is 47.9 Å². The quantitative estimate of drug-likeness (QED) is 0.474. The molecule has 1 amide bonds. The van der Waals surface area contributed by atoms with Gasteiger partial charge in [-0.2, -0.15) is 0 Å². The molecule has 2 N–H and O–H groups in total. The molecule has 0 aromatic heterocycles. The maximum absolute atomic E-state index is 13.2. The zero-order valence-corrected chi connectivity index (χ0v) is 22.0. The Bertz CT molecular complexity index is 1130. The molecule has 0 bridgehead atoms. The Hall–Kier alpha value is -3.35. The summed E-state index contributed by atoms with van der Waals surface area (Å²) in [7, 11) is 1.18. The number of benzene rings is 2. The van der Waals surface area contributed by atoms with Gasteiger partial charge in [0.05, 0.1) is 32.8 Å². The van der Waals surface area contributed by atoms with Crippen molar-refractivity contribution in [2.24, 2.45) is 0 Å². The van der Waals surface area contributed by atoms with E-state index >= 15 is 0 Å². The molecule has 4 rings (SSSR count). The van der Waals surface area contributed by atoms with Crippen molar-refractivity contribution in [3.63, 3.8) is 0 Å². The van der Waals surface area contributed by atoms with E-state index in [9.17, 15) is 19.5 Å². The normalized spacial score (nSPS) is 30.7. The van der Waals surface area contributed by atoms with E-state index in [1.54, 1.807) is 12.1 Å². The van der Waals surface area contributed by atoms with Crippen LogP contribution in [-0.4, -0.2) is 72.9 Å². The van der Waals surface area contributed by atoms with Gasteiger partial charge in [-0.3, -0.25) is 9.59 Å². The van der Waals surface area contributed by atoms with E-state index in [-0.39, 0.29) is 19.6 Å². The Morgan fingerprint density at radius 2 is 1.69 bits per heavy atom. The number of esters is 2. The molecule has 0 unspecified atom stereocenters. The first kappa shape index (κ1) is 28.7. The number of carbonyl (C=O) groups excluding carboxylic acids is 3. The lowest BCUT2D eigenvalue weighted by molar-refractivity contribution is -0.344. The third-order valence-electron chi connectivity index (χ3n) is 6.52. The first-order valence-corrected chi connectivity index (χ1v) is 12.6. The van der Waals surface area contributed by atoms with Crippen molar-refractivity contribution in [2.75, 3.05) is 13.7 Å². The van der Waals surface area contributed by atoms with Crippen LogP contribution in [0.3, 0.4) is 0 Å². The van der Waals surface area contributed by atoms with E-state index < -0.39 is 60.4 Å². The SMILES string of the molecule is COC(=O)[C@@]1(OCc2ccccc2)C[C@H](OC(C)=O)[C@@H](NC(C)=O)[C@H]([C@@H]2O[C@H](c3ccccc3)OC[C@H]2O)O1. The lowest BCUT2D eigenvalue weighted by Crippen LogP contribution is -2.69. The first-order valence-electron chi connectivity index (χ1n) is 12.6. The highest BCUT2D eigenvalue weighted by atomic mass is 16.8. The molecule has 0 saturated carbocycles. The number of nitrogens with one attached hydrogen (secondary N) is 1. The zero-order valence-electron chi connectivity index (χ0n) is 22.0. The van der Waals surface area contributed by atoms with Gasteiger partial charge in [-0.25, -0.2) is 4.79 Å². The van der Waals surface area contributed by atoms with Crippen LogP contribution in [0.4, 0.5) is 0 Å². The molecule has 2 aromatic rings. The van der Waals surface area contributed by atoms with Crippen molar-refractivity contribution in [3.05, 3.63) is 71.8 Å². The summed E-state index contributed by atoms with van der Waals surface area (Å²) in [5.41, 5.74) is 1.44. The van der Waals surface area contributed by atoms with Gasteiger partial charge in [0, 0.05) is 19.4 Å². The van der Waals surface area contributed by atoms with E-state index in [1.807, 2.05) is 48.5 Å². The van der Waals surface area contributed by atoms with Gasteiger partial charge < -0.3 is 38.8 Å². The lowest BCUT2D eigenvalue weighted by atomic mass is 9.87. The number of rotatable bonds is 8. The molecule has 2 aromatic carbocycles. The Morgan fingerprint density at radius 3 is 2.31 bits per heavy atom. The number of ether oxygens (including phenoxy) is 6. The molecule has 2 saturated heterocycles. The van der Waals surface area contributed by atoms with Gasteiger partial charge in [0.2, 0.25) is 5.91 Å². The number of hydrogen-bond acceptors (Lipinski definition) is 10. The van der Waals surface area contributed by atoms with Crippen LogP contribution in [0, 0.1) is 0 Å². The Kier molecular flexibility index (Phi) is 9.31. The lowest BCUT2D eigenvalue weighted by Gasteiger charge is -2.50. The molecular weight excluding hydrogens is 510 g/mol. The van der Waals surface area contributed by atoms with E-state index in [0.29, 0.717) is 5.56 Å². The van der Waals surface area contributed by atoms with Crippen molar-refractivity contribution in [2.45, 2.75) is 69.4 Å². The highest BCUT2D eigenvalue weighted by molar-refractivity contribution is 5.78. The molecule has 39 heavy (non-hydrogen) atoms. The minimum atomic E-state index is -2.05. The van der Waals surface area contributed by atoms with Crippen LogP contribution in [0.2, 0.25) is 0 Å². The van der Waals surface area contributed by atoms with Crippen LogP contribution in [0.1, 0.15) is 37.7 Å². The fourth-order valence-corrected chi connectivity index (χ4v) is 4.80. The molecule has 0 radical (unpaired) electrons. The number of methoxy groups -OCH3 is 1. The van der Waals surface area contributed by atoms with E-state index in [4.69, 9.17) is 28.4 Å². The van der Waals surface area contributed by atoms with Crippen LogP contribution in [0.15, 0.2) is 60.7 Å². The van der Waals surface area contributed by atoms with Gasteiger partial charge >= 0.3 is 11.9 Å². The topological polar surface area (TPSA) is 139 Å². The third kappa shape index (κ3) is 6.81. The summed E-state index contributed by atoms with van der Waals surface area (Å²) in [5, 5.41) is 13.7. The largest absolute Gasteiger partial charge is 0.465 e. The van der Waals surface area contributed by atoms with Gasteiger partial charge in [-0.1, -0.05) is 60.7 Å². The predicted molar refractivity (Wildman–Crippen MR) is 135 cm³/mol. The second-order valence-electron chi connectivity index (χ2n) is 9.42. The van der Waals surface area contributed by atoms with Gasteiger partial charge in [0.15, 0.2) is 6.29 Å². The minimum absolute atomic E-state index is 0.0376. The maximum Gasteiger partial charge on any atom is 0.366 e. The molecule has 11 nitrogen and oxygen atoms in total. The van der Waals surface area contributed by atoms with Gasteiger partial charge in [0.1, 0.15) is 24.4 Å². The maximum atomic E-state index is 13.2. The van der Waals surface area contributed by atoms with E-state index in [1.165, 1.54) is 21.0 Å². The molecule has 2 heterocycles. The summed E-state index contributed by atoms with van der Waals surface area (Å²) in [6.07, 6.45) is -5.79. The molecular formula is C28H33NO10. The molecule has 7 atom stereocenters. The van der Waals surface area contributed by atoms with E-state index in [0.717, 1.165) is 5.56 Å². The molecule has 2 fully saturated rings. The van der Waals surface area contributed by atoms with Crippen LogP contribution in [-0.2, 0) is 49.4 Å². The first-order chi connectivity index (χ1) is 18.7. The Morgan fingerprint density at radius 1 is 1.03 bits per heavy atom. The summed E-state index contributed by atoms with van der Waals surface area (Å²) in [4.78, 5) is 37.6. The average Bonchev–Trinajstić information content (AvgIpc) is 2.93. The molecule has 11 heteroatoms. The number of hydrogen-bond donors (Lipinski definition) is 2. The number of aliphatic hydroxyl groups excluding tert-OH is 1. The monoisotopic (exact) mass is 543 g/mol. The summed E-state index contributed by atoms with van der Waals surface area (Å²) in [6.45, 7) is 2.35. The fraction of sp³-hybridized carbons (Fsp3) is 0.464. The molecule has 210 valence electrons. The highest BCUT2D eigenvalue weighted by Gasteiger charge is 2.59. The second-order valence-corrected chi connectivity index (χ2v) is 9.42. The number of carbonyl (C=O) groups is 3. The van der Waals surface area contributed by atoms with Gasteiger partial charge in [-0.05, 0) is 5.56 Å². The summed E-state index contributed by atoms with van der Waals surface area (Å²) < 4.78 is 34.9. The molecule has 2 aliphatic heterocycles. The second kappa shape index (κ2) is 12.7. The minimum Gasteiger partial charge on any atom is -0.465 e.